The molecule has 86 valence electrons. The summed E-state index contributed by atoms with van der Waals surface area (Å²) in [6, 6.07) is 1.10. The molecule has 1 aromatic heterocycles. The van der Waals surface area contributed by atoms with Gasteiger partial charge in [-0.05, 0) is 0 Å². The van der Waals surface area contributed by atoms with Crippen LogP contribution in [-0.2, 0) is 6.18 Å². The van der Waals surface area contributed by atoms with Gasteiger partial charge < -0.3 is 4.98 Å². The lowest BCUT2D eigenvalue weighted by Gasteiger charge is -2.08. The molecule has 0 atom stereocenters. The van der Waals surface area contributed by atoms with Crippen molar-refractivity contribution in [3.05, 3.63) is 33.2 Å². The third-order valence-electron chi connectivity index (χ3n) is 1.71. The van der Waals surface area contributed by atoms with E-state index >= 15 is 0 Å². The second-order valence-electron chi connectivity index (χ2n) is 2.75. The Balaban J connectivity index is 3.53. The van der Waals surface area contributed by atoms with Gasteiger partial charge >= 0.3 is 6.18 Å². The first kappa shape index (κ1) is 12.2. The number of hydrogen-bond donors (Lipinski definition) is 1. The van der Waals surface area contributed by atoms with Crippen molar-refractivity contribution >= 4 is 0 Å². The molecule has 0 radical (unpaired) electrons. The quantitative estimate of drug-likeness (QED) is 0.762. The summed E-state index contributed by atoms with van der Waals surface area (Å²) >= 11 is 0. The zero-order valence-electron chi connectivity index (χ0n) is 7.40. The van der Waals surface area contributed by atoms with Gasteiger partial charge in [0.1, 0.15) is 17.5 Å². The molecule has 1 aromatic rings. The Morgan fingerprint density at radius 3 is 2.31 bits per heavy atom. The number of pyridine rings is 1. The highest BCUT2D eigenvalue weighted by molar-refractivity contribution is 5.34. The van der Waals surface area contributed by atoms with Gasteiger partial charge in [0, 0.05) is 6.07 Å². The van der Waals surface area contributed by atoms with E-state index in [1.54, 1.807) is 0 Å². The van der Waals surface area contributed by atoms with Crippen LogP contribution in [0.5, 0.6) is 0 Å². The number of nitrogens with one attached hydrogen (secondary N) is 1. The maximum absolute atomic E-state index is 12.3. The monoisotopic (exact) mass is 238 g/mol. The van der Waals surface area contributed by atoms with Crippen molar-refractivity contribution in [3.63, 3.8) is 0 Å². The standard InChI is InChI=1S/C8H3F5N2O/c9-7(10)6-3(2-14)15-5(1-4(6)16)8(11,12)13/h1,7H,(H,15,16). The van der Waals surface area contributed by atoms with Crippen molar-refractivity contribution in [3.8, 4) is 6.07 Å². The lowest BCUT2D eigenvalue weighted by Crippen LogP contribution is -2.19. The Morgan fingerprint density at radius 1 is 1.38 bits per heavy atom. The van der Waals surface area contributed by atoms with E-state index in [0.717, 1.165) is 6.07 Å². The fourth-order valence-corrected chi connectivity index (χ4v) is 1.03. The minimum absolute atomic E-state index is 0.00231. The van der Waals surface area contributed by atoms with Crippen LogP contribution in [0.25, 0.3) is 0 Å². The predicted octanol–water partition coefficient (Wildman–Crippen LogP) is 2.20. The van der Waals surface area contributed by atoms with Gasteiger partial charge in [0.2, 0.25) is 0 Å². The lowest BCUT2D eigenvalue weighted by atomic mass is 10.1. The maximum Gasteiger partial charge on any atom is 0.431 e. The number of nitrogens with zero attached hydrogens (tertiary/aromatic N) is 1. The molecule has 0 bridgehead atoms. The Morgan fingerprint density at radius 2 is 1.94 bits per heavy atom. The van der Waals surface area contributed by atoms with Crippen LogP contribution >= 0.6 is 0 Å². The van der Waals surface area contributed by atoms with E-state index in [-0.39, 0.29) is 6.07 Å². The molecule has 0 spiro atoms. The van der Waals surface area contributed by atoms with Crippen molar-refractivity contribution in [2.24, 2.45) is 0 Å². The Hall–Kier alpha value is -1.91. The number of H-pyrrole nitrogens is 1. The molecule has 0 saturated heterocycles. The summed E-state index contributed by atoms with van der Waals surface area (Å²) in [7, 11) is 0. The number of aromatic amines is 1. The van der Waals surface area contributed by atoms with Crippen molar-refractivity contribution < 1.29 is 22.0 Å². The van der Waals surface area contributed by atoms with Crippen LogP contribution in [0.3, 0.4) is 0 Å². The highest BCUT2D eigenvalue weighted by Gasteiger charge is 2.34. The number of rotatable bonds is 1. The fourth-order valence-electron chi connectivity index (χ4n) is 1.03. The molecule has 0 amide bonds. The summed E-state index contributed by atoms with van der Waals surface area (Å²) in [5.74, 6) is 0. The van der Waals surface area contributed by atoms with E-state index in [1.807, 2.05) is 0 Å². The minimum Gasteiger partial charge on any atom is -0.342 e. The molecule has 0 aliphatic heterocycles. The van der Waals surface area contributed by atoms with Crippen molar-refractivity contribution in [2.45, 2.75) is 12.6 Å². The molecule has 1 N–H and O–H groups in total. The topological polar surface area (TPSA) is 56.6 Å². The first-order valence-corrected chi connectivity index (χ1v) is 3.80. The highest BCUT2D eigenvalue weighted by Crippen LogP contribution is 2.28. The molecule has 0 fully saturated rings. The van der Waals surface area contributed by atoms with Gasteiger partial charge in [-0.15, -0.1) is 0 Å². The number of alkyl halides is 5. The second-order valence-corrected chi connectivity index (χ2v) is 2.75. The number of halogens is 5. The summed E-state index contributed by atoms with van der Waals surface area (Å²) < 4.78 is 61.0. The second kappa shape index (κ2) is 3.92. The molecule has 16 heavy (non-hydrogen) atoms. The van der Waals surface area contributed by atoms with E-state index in [9.17, 15) is 26.7 Å². The SMILES string of the molecule is N#Cc1[nH]c(C(F)(F)F)cc(=O)c1C(F)F. The molecule has 0 aromatic carbocycles. The van der Waals surface area contributed by atoms with Gasteiger partial charge in [-0.2, -0.15) is 18.4 Å². The van der Waals surface area contributed by atoms with Crippen LogP contribution < -0.4 is 5.43 Å². The first-order valence-electron chi connectivity index (χ1n) is 3.80. The molecular weight excluding hydrogens is 235 g/mol. The largest absolute Gasteiger partial charge is 0.431 e. The summed E-state index contributed by atoms with van der Waals surface area (Å²) in [5, 5.41) is 8.36. The van der Waals surface area contributed by atoms with Crippen LogP contribution in [0.1, 0.15) is 23.4 Å². The average molecular weight is 238 g/mol. The van der Waals surface area contributed by atoms with Gasteiger partial charge in [0.25, 0.3) is 6.43 Å². The fraction of sp³-hybridized carbons (Fsp3) is 0.250. The zero-order chi connectivity index (χ0) is 12.5. The molecule has 8 heteroatoms. The lowest BCUT2D eigenvalue weighted by molar-refractivity contribution is -0.141. The Labute approximate surface area is 85.1 Å². The van der Waals surface area contributed by atoms with Crippen molar-refractivity contribution in [1.82, 2.24) is 4.98 Å². The van der Waals surface area contributed by atoms with Crippen LogP contribution in [-0.4, -0.2) is 4.98 Å². The molecule has 1 heterocycles. The minimum atomic E-state index is -4.90. The Bertz CT molecular complexity index is 497. The molecular formula is C8H3F5N2O. The molecule has 0 saturated carbocycles. The summed E-state index contributed by atoms with van der Waals surface area (Å²) in [4.78, 5) is 12.4. The van der Waals surface area contributed by atoms with Gasteiger partial charge in [0.05, 0.1) is 5.56 Å². The number of hydrogen-bond acceptors (Lipinski definition) is 2. The molecule has 1 rings (SSSR count). The van der Waals surface area contributed by atoms with E-state index < -0.39 is 35.0 Å². The molecule has 0 unspecified atom stereocenters. The van der Waals surface area contributed by atoms with Crippen LogP contribution in [0.4, 0.5) is 22.0 Å². The van der Waals surface area contributed by atoms with E-state index in [4.69, 9.17) is 5.26 Å². The van der Waals surface area contributed by atoms with Crippen molar-refractivity contribution in [2.75, 3.05) is 0 Å². The first-order chi connectivity index (χ1) is 7.27. The number of nitriles is 1. The molecule has 0 aliphatic carbocycles. The zero-order valence-corrected chi connectivity index (χ0v) is 7.40. The van der Waals surface area contributed by atoms with Crippen LogP contribution in [0.2, 0.25) is 0 Å². The molecule has 3 nitrogen and oxygen atoms in total. The van der Waals surface area contributed by atoms with E-state index in [0.29, 0.717) is 0 Å². The van der Waals surface area contributed by atoms with Gasteiger partial charge in [-0.3, -0.25) is 4.79 Å². The van der Waals surface area contributed by atoms with Crippen LogP contribution in [0, 0.1) is 11.3 Å². The van der Waals surface area contributed by atoms with Gasteiger partial charge in [-0.25, -0.2) is 8.78 Å². The van der Waals surface area contributed by atoms with E-state index in [2.05, 4.69) is 0 Å². The van der Waals surface area contributed by atoms with Gasteiger partial charge in [0.15, 0.2) is 5.43 Å². The van der Waals surface area contributed by atoms with Crippen molar-refractivity contribution in [1.29, 1.82) is 5.26 Å². The van der Waals surface area contributed by atoms with Gasteiger partial charge in [-0.1, -0.05) is 0 Å². The maximum atomic E-state index is 12.3. The number of aromatic nitrogens is 1. The summed E-state index contributed by atoms with van der Waals surface area (Å²) in [6.07, 6.45) is -8.20. The molecule has 0 aliphatic rings. The summed E-state index contributed by atoms with van der Waals surface area (Å²) in [6.45, 7) is 0. The van der Waals surface area contributed by atoms with Crippen LogP contribution in [0.15, 0.2) is 10.9 Å². The summed E-state index contributed by atoms with van der Waals surface area (Å²) in [5.41, 5.74) is -5.37. The normalized spacial score (nSPS) is 11.6. The Kier molecular flexibility index (Phi) is 2.98. The van der Waals surface area contributed by atoms with E-state index in [1.165, 1.54) is 4.98 Å². The predicted molar refractivity (Wildman–Crippen MR) is 41.7 cm³/mol. The third-order valence-corrected chi connectivity index (χ3v) is 1.71. The average Bonchev–Trinajstić information content (AvgIpc) is 2.14. The smallest absolute Gasteiger partial charge is 0.342 e. The third kappa shape index (κ3) is 2.18. The highest BCUT2D eigenvalue weighted by atomic mass is 19.4.